The van der Waals surface area contributed by atoms with Crippen molar-refractivity contribution in [3.05, 3.63) is 60.4 Å². The number of hydrogen-bond donors (Lipinski definition) is 0. The summed E-state index contributed by atoms with van der Waals surface area (Å²) in [4.78, 5) is 12.3. The van der Waals surface area contributed by atoms with Gasteiger partial charge in [0.25, 0.3) is 0 Å². The predicted molar refractivity (Wildman–Crippen MR) is 103 cm³/mol. The van der Waals surface area contributed by atoms with E-state index in [1.165, 1.54) is 30.5 Å². The maximum Gasteiger partial charge on any atom is 0.159 e. The summed E-state index contributed by atoms with van der Waals surface area (Å²) in [5.74, 6) is 0.859. The first-order valence-electron chi connectivity index (χ1n) is 9.79. The number of rotatable bonds is 4. The van der Waals surface area contributed by atoms with Gasteiger partial charge in [-0.2, -0.15) is 0 Å². The van der Waals surface area contributed by atoms with Crippen molar-refractivity contribution in [2.24, 2.45) is 0 Å². The van der Waals surface area contributed by atoms with E-state index in [9.17, 15) is 0 Å². The molecule has 3 aromatic rings. The predicted octanol–water partition coefficient (Wildman–Crippen LogP) is 2.72. The number of fused-ring (bicyclic) bond motifs is 2. The molecule has 1 saturated heterocycles. The first-order chi connectivity index (χ1) is 13.3. The highest BCUT2D eigenvalue weighted by Gasteiger charge is 2.43. The summed E-state index contributed by atoms with van der Waals surface area (Å²) in [5.41, 5.74) is 3.93. The third-order valence-electron chi connectivity index (χ3n) is 6.07. The van der Waals surface area contributed by atoms with Crippen LogP contribution in [0.5, 0.6) is 0 Å². The van der Waals surface area contributed by atoms with Crippen molar-refractivity contribution in [3.8, 4) is 11.4 Å². The van der Waals surface area contributed by atoms with Gasteiger partial charge in [-0.25, -0.2) is 9.97 Å². The van der Waals surface area contributed by atoms with Crippen LogP contribution in [0.25, 0.3) is 11.4 Å². The Morgan fingerprint density at radius 2 is 1.85 bits per heavy atom. The highest BCUT2D eigenvalue weighted by atomic mass is 15.2. The van der Waals surface area contributed by atoms with E-state index in [0.29, 0.717) is 0 Å². The van der Waals surface area contributed by atoms with E-state index in [1.807, 2.05) is 6.07 Å². The zero-order valence-electron chi connectivity index (χ0n) is 15.5. The lowest BCUT2D eigenvalue weighted by molar-refractivity contribution is 0.139. The lowest BCUT2D eigenvalue weighted by Gasteiger charge is -2.40. The van der Waals surface area contributed by atoms with Crippen LogP contribution in [-0.4, -0.2) is 49.3 Å². The summed E-state index contributed by atoms with van der Waals surface area (Å²) in [5, 5.41) is 7.81. The van der Waals surface area contributed by atoms with Gasteiger partial charge in [-0.15, -0.1) is 10.2 Å². The Morgan fingerprint density at radius 3 is 2.70 bits per heavy atom. The topological polar surface area (TPSA) is 59.7 Å². The third kappa shape index (κ3) is 3.14. The van der Waals surface area contributed by atoms with E-state index in [-0.39, 0.29) is 5.41 Å². The van der Waals surface area contributed by atoms with Crippen molar-refractivity contribution in [2.75, 3.05) is 19.6 Å². The first kappa shape index (κ1) is 16.6. The number of likely N-dealkylation sites (tertiary alicyclic amines) is 1. The van der Waals surface area contributed by atoms with E-state index in [1.54, 1.807) is 12.7 Å². The van der Waals surface area contributed by atoms with Gasteiger partial charge in [0.15, 0.2) is 5.82 Å². The van der Waals surface area contributed by atoms with Gasteiger partial charge < -0.3 is 9.47 Å². The van der Waals surface area contributed by atoms with E-state index in [2.05, 4.69) is 55.1 Å². The largest absolute Gasteiger partial charge is 0.319 e. The molecule has 27 heavy (non-hydrogen) atoms. The molecule has 0 bridgehead atoms. The van der Waals surface area contributed by atoms with Crippen molar-refractivity contribution < 1.29 is 0 Å². The van der Waals surface area contributed by atoms with Gasteiger partial charge in [-0.3, -0.25) is 0 Å². The van der Waals surface area contributed by atoms with Crippen molar-refractivity contribution in [3.63, 3.8) is 0 Å². The Kier molecular flexibility index (Phi) is 4.20. The Labute approximate surface area is 159 Å². The fraction of sp³-hybridized carbons (Fsp3) is 0.429. The molecule has 0 N–H and O–H groups in total. The van der Waals surface area contributed by atoms with Crippen molar-refractivity contribution in [1.29, 1.82) is 0 Å². The molecule has 2 aromatic heterocycles. The number of benzene rings is 1. The molecule has 0 saturated carbocycles. The van der Waals surface area contributed by atoms with E-state index < -0.39 is 0 Å². The summed E-state index contributed by atoms with van der Waals surface area (Å²) in [6.45, 7) is 4.23. The highest BCUT2D eigenvalue weighted by molar-refractivity contribution is 5.55. The maximum atomic E-state index is 5.08. The van der Waals surface area contributed by atoms with Crippen LogP contribution >= 0.6 is 0 Å². The molecular formula is C21H24N6. The number of nitrogens with zero attached hydrogens (tertiary/aromatic N) is 6. The van der Waals surface area contributed by atoms with Crippen LogP contribution in [0.3, 0.4) is 0 Å². The summed E-state index contributed by atoms with van der Waals surface area (Å²) >= 11 is 0. The molecule has 6 heteroatoms. The van der Waals surface area contributed by atoms with Gasteiger partial charge >= 0.3 is 0 Å². The van der Waals surface area contributed by atoms with Gasteiger partial charge in [0, 0.05) is 36.8 Å². The highest BCUT2D eigenvalue weighted by Crippen LogP contribution is 2.44. The molecule has 1 atom stereocenters. The number of aromatic nitrogens is 5. The molecule has 1 aliphatic heterocycles. The number of aryl methyl sites for hydroxylation is 1. The van der Waals surface area contributed by atoms with Crippen LogP contribution in [0.15, 0.2) is 49.2 Å². The van der Waals surface area contributed by atoms with Crippen LogP contribution in [0.2, 0.25) is 0 Å². The number of piperidine rings is 1. The Bertz CT molecular complexity index is 904. The molecule has 3 heterocycles. The third-order valence-corrected chi connectivity index (χ3v) is 6.07. The molecule has 0 radical (unpaired) electrons. The van der Waals surface area contributed by atoms with Crippen molar-refractivity contribution in [1.82, 2.24) is 29.6 Å². The van der Waals surface area contributed by atoms with Crippen LogP contribution < -0.4 is 0 Å². The van der Waals surface area contributed by atoms with E-state index in [0.717, 1.165) is 44.0 Å². The van der Waals surface area contributed by atoms with Crippen LogP contribution in [-0.2, 0) is 18.4 Å². The lowest BCUT2D eigenvalue weighted by atomic mass is 9.77. The van der Waals surface area contributed by atoms with Crippen molar-refractivity contribution >= 4 is 0 Å². The molecule has 138 valence electrons. The van der Waals surface area contributed by atoms with Crippen LogP contribution in [0.4, 0.5) is 0 Å². The minimum Gasteiger partial charge on any atom is -0.319 e. The first-order valence-corrected chi connectivity index (χ1v) is 9.79. The smallest absolute Gasteiger partial charge is 0.159 e. The van der Waals surface area contributed by atoms with Gasteiger partial charge in [0.05, 0.1) is 5.69 Å². The van der Waals surface area contributed by atoms with Gasteiger partial charge in [-0.05, 0) is 37.8 Å². The molecule has 0 amide bonds. The molecule has 5 rings (SSSR count). The summed E-state index contributed by atoms with van der Waals surface area (Å²) < 4.78 is 2.06. The lowest BCUT2D eigenvalue weighted by Crippen LogP contribution is -2.46. The van der Waals surface area contributed by atoms with Crippen LogP contribution in [0.1, 0.15) is 30.5 Å². The maximum absolute atomic E-state index is 5.08. The SMILES string of the molecule is c1ccc(-c2ncc3c(n2)C2(CCCN(CCn4cnnc4)C2)CC3)cc1. The number of hydrogen-bond acceptors (Lipinski definition) is 5. The fourth-order valence-electron chi connectivity index (χ4n) is 4.68. The second kappa shape index (κ2) is 6.85. The summed E-state index contributed by atoms with van der Waals surface area (Å²) in [7, 11) is 0. The molecule has 1 aromatic carbocycles. The fourth-order valence-corrected chi connectivity index (χ4v) is 4.68. The standard InChI is InChI=1S/C21H24N6/c1-2-5-17(6-3-1)20-22-13-18-7-9-21(19(18)25-20)8-4-10-26(14-21)11-12-27-15-23-24-16-27/h1-3,5-6,13,15-16H,4,7-12,14H2. The van der Waals surface area contributed by atoms with Gasteiger partial charge in [-0.1, -0.05) is 30.3 Å². The Morgan fingerprint density at radius 1 is 1.00 bits per heavy atom. The quantitative estimate of drug-likeness (QED) is 0.716. The zero-order valence-corrected chi connectivity index (χ0v) is 15.5. The minimum absolute atomic E-state index is 0.188. The average Bonchev–Trinajstić information content (AvgIpc) is 3.36. The van der Waals surface area contributed by atoms with E-state index in [4.69, 9.17) is 4.98 Å². The molecule has 1 fully saturated rings. The summed E-state index contributed by atoms with van der Waals surface area (Å²) in [6, 6.07) is 10.3. The molecule has 6 nitrogen and oxygen atoms in total. The molecule has 1 aliphatic carbocycles. The average molecular weight is 360 g/mol. The van der Waals surface area contributed by atoms with Crippen molar-refractivity contribution in [2.45, 2.75) is 37.6 Å². The molecular weight excluding hydrogens is 336 g/mol. The van der Waals surface area contributed by atoms with Gasteiger partial charge in [0.1, 0.15) is 12.7 Å². The van der Waals surface area contributed by atoms with Gasteiger partial charge in [0.2, 0.25) is 0 Å². The molecule has 1 spiro atoms. The Balaban J connectivity index is 1.39. The van der Waals surface area contributed by atoms with E-state index >= 15 is 0 Å². The monoisotopic (exact) mass is 360 g/mol. The molecule has 2 aliphatic rings. The Hall–Kier alpha value is -2.60. The van der Waals surface area contributed by atoms with Crippen LogP contribution in [0, 0.1) is 0 Å². The summed E-state index contributed by atoms with van der Waals surface area (Å²) in [6.07, 6.45) is 10.4. The second-order valence-corrected chi connectivity index (χ2v) is 7.79. The zero-order chi connectivity index (χ0) is 18.1. The normalized spacial score (nSPS) is 22.2. The molecule has 1 unspecified atom stereocenters. The minimum atomic E-state index is 0.188. The second-order valence-electron chi connectivity index (χ2n) is 7.79.